The van der Waals surface area contributed by atoms with Crippen molar-refractivity contribution < 1.29 is 9.32 Å². The second kappa shape index (κ2) is 7.64. The molecule has 0 radical (unpaired) electrons. The SMILES string of the molecule is O=[S@]1CC2(CCC(CO)C2)c2nc(N3CCC(c4ccc(Cl)cc4)CC3)ncc21. The summed E-state index contributed by atoms with van der Waals surface area (Å²) in [6.07, 6.45) is 6.75. The number of benzene rings is 1. The molecule has 1 saturated carbocycles. The number of rotatable bonds is 3. The third kappa shape index (κ3) is 3.49. The summed E-state index contributed by atoms with van der Waals surface area (Å²) < 4.78 is 12.7. The number of halogens is 1. The minimum Gasteiger partial charge on any atom is -0.396 e. The smallest absolute Gasteiger partial charge is 0.225 e. The van der Waals surface area contributed by atoms with Crippen LogP contribution in [0.4, 0.5) is 5.95 Å². The van der Waals surface area contributed by atoms with Gasteiger partial charge in [-0.15, -0.1) is 0 Å². The minimum atomic E-state index is -1.03. The van der Waals surface area contributed by atoms with Crippen LogP contribution < -0.4 is 4.90 Å². The molecule has 2 aromatic rings. The average molecular weight is 432 g/mol. The monoisotopic (exact) mass is 431 g/mol. The molecule has 3 atom stereocenters. The number of piperidine rings is 1. The molecule has 1 saturated heterocycles. The number of hydrogen-bond donors (Lipinski definition) is 1. The average Bonchev–Trinajstić information content (AvgIpc) is 3.29. The summed E-state index contributed by atoms with van der Waals surface area (Å²) in [5.41, 5.74) is 2.20. The van der Waals surface area contributed by atoms with Crippen molar-refractivity contribution in [2.75, 3.05) is 30.3 Å². The van der Waals surface area contributed by atoms with E-state index in [4.69, 9.17) is 16.6 Å². The molecule has 154 valence electrons. The Morgan fingerprint density at radius 3 is 2.66 bits per heavy atom. The van der Waals surface area contributed by atoms with E-state index in [9.17, 15) is 9.32 Å². The van der Waals surface area contributed by atoms with Gasteiger partial charge in [-0.3, -0.25) is 4.21 Å². The van der Waals surface area contributed by atoms with Crippen molar-refractivity contribution >= 4 is 28.3 Å². The van der Waals surface area contributed by atoms with Crippen LogP contribution in [-0.2, 0) is 16.2 Å². The molecule has 3 aliphatic rings. The van der Waals surface area contributed by atoms with Crippen LogP contribution in [0, 0.1) is 5.92 Å². The van der Waals surface area contributed by atoms with Crippen molar-refractivity contribution in [3.8, 4) is 0 Å². The molecule has 3 heterocycles. The largest absolute Gasteiger partial charge is 0.396 e. The van der Waals surface area contributed by atoms with Gasteiger partial charge in [0.15, 0.2) is 0 Å². The summed E-state index contributed by atoms with van der Waals surface area (Å²) >= 11 is 6.02. The molecule has 2 fully saturated rings. The summed E-state index contributed by atoms with van der Waals surface area (Å²) in [5.74, 6) is 2.24. The van der Waals surface area contributed by atoms with E-state index in [0.29, 0.717) is 17.6 Å². The Balaban J connectivity index is 1.34. The van der Waals surface area contributed by atoms with E-state index in [-0.39, 0.29) is 12.0 Å². The van der Waals surface area contributed by atoms with Gasteiger partial charge in [-0.05, 0) is 61.6 Å². The van der Waals surface area contributed by atoms with Gasteiger partial charge in [-0.2, -0.15) is 0 Å². The first-order valence-corrected chi connectivity index (χ1v) is 12.1. The summed E-state index contributed by atoms with van der Waals surface area (Å²) in [6, 6.07) is 8.19. The fourth-order valence-electron chi connectivity index (χ4n) is 5.34. The highest BCUT2D eigenvalue weighted by atomic mass is 35.5. The maximum Gasteiger partial charge on any atom is 0.225 e. The van der Waals surface area contributed by atoms with Crippen molar-refractivity contribution in [2.45, 2.75) is 48.3 Å². The highest BCUT2D eigenvalue weighted by Gasteiger charge is 2.49. The zero-order valence-electron chi connectivity index (χ0n) is 16.4. The van der Waals surface area contributed by atoms with Crippen LogP contribution >= 0.6 is 11.6 Å². The van der Waals surface area contributed by atoms with Gasteiger partial charge >= 0.3 is 0 Å². The maximum absolute atomic E-state index is 12.7. The maximum atomic E-state index is 12.7. The third-order valence-electron chi connectivity index (χ3n) is 6.99. The van der Waals surface area contributed by atoms with E-state index in [1.807, 2.05) is 12.1 Å². The van der Waals surface area contributed by atoms with Crippen molar-refractivity contribution in [1.29, 1.82) is 0 Å². The molecular weight excluding hydrogens is 406 g/mol. The number of fused-ring (bicyclic) bond motifs is 2. The molecule has 2 unspecified atom stereocenters. The first-order chi connectivity index (χ1) is 14.1. The molecule has 1 spiro atoms. The summed E-state index contributed by atoms with van der Waals surface area (Å²) in [5, 5.41) is 10.4. The number of aliphatic hydroxyl groups excluding tert-OH is 1. The van der Waals surface area contributed by atoms with E-state index in [1.54, 1.807) is 6.20 Å². The molecule has 0 amide bonds. The number of aromatic nitrogens is 2. The Morgan fingerprint density at radius 2 is 1.97 bits per heavy atom. The van der Waals surface area contributed by atoms with E-state index in [1.165, 1.54) is 5.56 Å². The normalized spacial score (nSPS) is 29.5. The van der Waals surface area contributed by atoms with Crippen LogP contribution in [-0.4, -0.2) is 44.7 Å². The fourth-order valence-corrected chi connectivity index (χ4v) is 7.17. The van der Waals surface area contributed by atoms with Crippen LogP contribution in [0.2, 0.25) is 5.02 Å². The quantitative estimate of drug-likeness (QED) is 0.803. The van der Waals surface area contributed by atoms with Gasteiger partial charge in [0.25, 0.3) is 0 Å². The third-order valence-corrected chi connectivity index (χ3v) is 8.84. The van der Waals surface area contributed by atoms with E-state index < -0.39 is 10.8 Å². The minimum absolute atomic E-state index is 0.132. The lowest BCUT2D eigenvalue weighted by atomic mass is 9.84. The Morgan fingerprint density at radius 1 is 1.21 bits per heavy atom. The molecule has 2 aliphatic heterocycles. The molecular formula is C22H26ClN3O2S. The summed E-state index contributed by atoms with van der Waals surface area (Å²) in [7, 11) is -1.03. The second-order valence-electron chi connectivity index (χ2n) is 8.76. The molecule has 7 heteroatoms. The Labute approximate surface area is 179 Å². The van der Waals surface area contributed by atoms with Gasteiger partial charge in [0.05, 0.1) is 21.4 Å². The van der Waals surface area contributed by atoms with Crippen LogP contribution in [0.25, 0.3) is 0 Å². The lowest BCUT2D eigenvalue weighted by Crippen LogP contribution is -2.35. The van der Waals surface area contributed by atoms with Crippen LogP contribution in [0.3, 0.4) is 0 Å². The molecule has 5 nitrogen and oxygen atoms in total. The number of anilines is 1. The van der Waals surface area contributed by atoms with Crippen molar-refractivity contribution in [1.82, 2.24) is 9.97 Å². The predicted octanol–water partition coefficient (Wildman–Crippen LogP) is 3.67. The van der Waals surface area contributed by atoms with Crippen LogP contribution in [0.15, 0.2) is 35.4 Å². The summed E-state index contributed by atoms with van der Waals surface area (Å²) in [4.78, 5) is 12.6. The second-order valence-corrected chi connectivity index (χ2v) is 10.6. The molecule has 1 aliphatic carbocycles. The number of hydrogen-bond acceptors (Lipinski definition) is 5. The Bertz CT molecular complexity index is 930. The van der Waals surface area contributed by atoms with Crippen molar-refractivity contribution in [2.24, 2.45) is 5.92 Å². The van der Waals surface area contributed by atoms with E-state index >= 15 is 0 Å². The summed E-state index contributed by atoms with van der Waals surface area (Å²) in [6.45, 7) is 2.04. The molecule has 29 heavy (non-hydrogen) atoms. The first kappa shape index (κ1) is 19.5. The Kier molecular flexibility index (Phi) is 5.13. The molecule has 1 aromatic carbocycles. The zero-order chi connectivity index (χ0) is 20.0. The van der Waals surface area contributed by atoms with Gasteiger partial charge in [0, 0.05) is 42.1 Å². The van der Waals surface area contributed by atoms with Crippen LogP contribution in [0.1, 0.15) is 49.3 Å². The van der Waals surface area contributed by atoms with Crippen LogP contribution in [0.5, 0.6) is 0 Å². The molecule has 1 N–H and O–H groups in total. The topological polar surface area (TPSA) is 66.3 Å². The van der Waals surface area contributed by atoms with E-state index in [0.717, 1.165) is 66.8 Å². The Hall–Kier alpha value is -1.50. The highest BCUT2D eigenvalue weighted by Crippen LogP contribution is 2.50. The fraction of sp³-hybridized carbons (Fsp3) is 0.545. The van der Waals surface area contributed by atoms with E-state index in [2.05, 4.69) is 22.0 Å². The first-order valence-electron chi connectivity index (χ1n) is 10.5. The van der Waals surface area contributed by atoms with Gasteiger partial charge < -0.3 is 10.0 Å². The molecule has 0 bridgehead atoms. The van der Waals surface area contributed by atoms with Gasteiger partial charge in [0.2, 0.25) is 5.95 Å². The molecule has 1 aromatic heterocycles. The van der Waals surface area contributed by atoms with Gasteiger partial charge in [-0.25, -0.2) is 9.97 Å². The van der Waals surface area contributed by atoms with Crippen molar-refractivity contribution in [3.63, 3.8) is 0 Å². The lowest BCUT2D eigenvalue weighted by molar-refractivity contribution is 0.224. The zero-order valence-corrected chi connectivity index (χ0v) is 18.0. The van der Waals surface area contributed by atoms with Gasteiger partial charge in [0.1, 0.15) is 0 Å². The van der Waals surface area contributed by atoms with Gasteiger partial charge in [-0.1, -0.05) is 23.7 Å². The number of nitrogens with zero attached hydrogens (tertiary/aromatic N) is 3. The van der Waals surface area contributed by atoms with Crippen molar-refractivity contribution in [3.05, 3.63) is 46.7 Å². The lowest BCUT2D eigenvalue weighted by Gasteiger charge is -2.33. The highest BCUT2D eigenvalue weighted by molar-refractivity contribution is 7.85. The standard InChI is InChI=1S/C22H26ClN3O2S/c23-18-3-1-16(2-4-18)17-6-9-26(10-7-17)21-24-12-19-20(25-21)22(14-29(19)28)8-5-15(11-22)13-27/h1-4,12,15,17,27H,5-11,13-14H2/t15?,22?,29-/m0/s1. The predicted molar refractivity (Wildman–Crippen MR) is 115 cm³/mol. The number of aliphatic hydroxyl groups is 1. The molecule has 5 rings (SSSR count).